The molecule has 0 radical (unpaired) electrons. The maximum Gasteiger partial charge on any atom is 0.269 e. The summed E-state index contributed by atoms with van der Waals surface area (Å²) in [6.45, 7) is 0. The van der Waals surface area contributed by atoms with Gasteiger partial charge in [0, 0.05) is 22.2 Å². The van der Waals surface area contributed by atoms with Crippen molar-refractivity contribution in [3.63, 3.8) is 0 Å². The van der Waals surface area contributed by atoms with Gasteiger partial charge >= 0.3 is 0 Å². The Balaban J connectivity index is 2.03. The molecule has 5 nitrogen and oxygen atoms in total. The molecule has 0 saturated heterocycles. The van der Waals surface area contributed by atoms with Crippen molar-refractivity contribution in [3.05, 3.63) is 68.7 Å². The zero-order valence-corrected chi connectivity index (χ0v) is 11.4. The first-order chi connectivity index (χ1) is 9.16. The maximum atomic E-state index is 10.5. The second-order valence-electron chi connectivity index (χ2n) is 3.70. The predicted molar refractivity (Wildman–Crippen MR) is 78.5 cm³/mol. The molecule has 0 heterocycles. The summed E-state index contributed by atoms with van der Waals surface area (Å²) < 4.78 is 0.948. The van der Waals surface area contributed by atoms with Crippen molar-refractivity contribution in [2.45, 2.75) is 0 Å². The van der Waals surface area contributed by atoms with Crippen molar-refractivity contribution in [2.24, 2.45) is 5.10 Å². The molecule has 0 saturated carbocycles. The van der Waals surface area contributed by atoms with Crippen molar-refractivity contribution in [2.75, 3.05) is 5.43 Å². The van der Waals surface area contributed by atoms with Gasteiger partial charge in [0.25, 0.3) is 5.69 Å². The van der Waals surface area contributed by atoms with Crippen LogP contribution in [-0.2, 0) is 0 Å². The summed E-state index contributed by atoms with van der Waals surface area (Å²) in [6, 6.07) is 13.7. The van der Waals surface area contributed by atoms with Crippen LogP contribution in [0.1, 0.15) is 5.56 Å². The molecule has 0 spiro atoms. The zero-order chi connectivity index (χ0) is 13.7. The summed E-state index contributed by atoms with van der Waals surface area (Å²) in [5.41, 5.74) is 4.50. The van der Waals surface area contributed by atoms with Gasteiger partial charge in [0.2, 0.25) is 0 Å². The van der Waals surface area contributed by atoms with Crippen molar-refractivity contribution in [3.8, 4) is 0 Å². The van der Waals surface area contributed by atoms with E-state index in [1.165, 1.54) is 12.1 Å². The maximum absolute atomic E-state index is 10.5. The Hall–Kier alpha value is -2.21. The van der Waals surface area contributed by atoms with E-state index in [9.17, 15) is 10.1 Å². The van der Waals surface area contributed by atoms with Crippen LogP contribution in [0.3, 0.4) is 0 Å². The lowest BCUT2D eigenvalue weighted by Gasteiger charge is -2.00. The normalized spacial score (nSPS) is 10.6. The van der Waals surface area contributed by atoms with E-state index in [1.807, 2.05) is 24.3 Å². The largest absolute Gasteiger partial charge is 0.278 e. The molecular weight excluding hydrogens is 310 g/mol. The van der Waals surface area contributed by atoms with Crippen LogP contribution >= 0.6 is 15.9 Å². The van der Waals surface area contributed by atoms with Crippen LogP contribution in [0.15, 0.2) is 58.1 Å². The topological polar surface area (TPSA) is 67.5 Å². The first-order valence-corrected chi connectivity index (χ1v) is 6.24. The number of nitro benzene ring substituents is 1. The fraction of sp³-hybridized carbons (Fsp3) is 0. The highest BCUT2D eigenvalue weighted by atomic mass is 79.9. The van der Waals surface area contributed by atoms with E-state index in [2.05, 4.69) is 26.5 Å². The fourth-order valence-electron chi connectivity index (χ4n) is 1.41. The minimum atomic E-state index is -0.436. The number of rotatable bonds is 4. The molecule has 96 valence electrons. The average Bonchev–Trinajstić information content (AvgIpc) is 2.41. The molecule has 0 aliphatic heterocycles. The Bertz CT molecular complexity index is 612. The zero-order valence-electron chi connectivity index (χ0n) is 9.79. The monoisotopic (exact) mass is 319 g/mol. The summed E-state index contributed by atoms with van der Waals surface area (Å²) in [7, 11) is 0. The molecule has 0 aliphatic rings. The minimum Gasteiger partial charge on any atom is -0.278 e. The molecule has 0 aliphatic carbocycles. The Labute approximate surface area is 118 Å². The molecule has 1 N–H and O–H groups in total. The number of halogens is 1. The first-order valence-electron chi connectivity index (χ1n) is 5.45. The Morgan fingerprint density at radius 1 is 1.16 bits per heavy atom. The van der Waals surface area contributed by atoms with E-state index >= 15 is 0 Å². The molecule has 0 fully saturated rings. The molecule has 2 rings (SSSR count). The molecule has 0 aromatic heterocycles. The van der Waals surface area contributed by atoms with E-state index in [0.717, 1.165) is 10.0 Å². The van der Waals surface area contributed by atoms with Crippen LogP contribution in [0.25, 0.3) is 0 Å². The van der Waals surface area contributed by atoms with Crippen LogP contribution in [-0.4, -0.2) is 11.1 Å². The van der Waals surface area contributed by atoms with Gasteiger partial charge in [-0.2, -0.15) is 5.10 Å². The smallest absolute Gasteiger partial charge is 0.269 e. The first kappa shape index (κ1) is 13.2. The molecule has 2 aromatic rings. The Morgan fingerprint density at radius 3 is 2.47 bits per heavy atom. The van der Waals surface area contributed by atoms with Gasteiger partial charge in [-0.25, -0.2) is 0 Å². The van der Waals surface area contributed by atoms with E-state index in [0.29, 0.717) is 5.69 Å². The molecular formula is C13H10BrN3O2. The van der Waals surface area contributed by atoms with E-state index in [-0.39, 0.29) is 5.69 Å². The lowest BCUT2D eigenvalue weighted by atomic mass is 10.2. The molecule has 0 bridgehead atoms. The number of nitrogens with zero attached hydrogens (tertiary/aromatic N) is 2. The molecule has 6 heteroatoms. The number of non-ortho nitro benzene ring substituents is 1. The third-order valence-electron chi connectivity index (χ3n) is 2.38. The minimum absolute atomic E-state index is 0.0559. The second kappa shape index (κ2) is 6.10. The van der Waals surface area contributed by atoms with Crippen LogP contribution in [0.4, 0.5) is 11.4 Å². The van der Waals surface area contributed by atoms with E-state index in [1.54, 1.807) is 18.3 Å². The quantitative estimate of drug-likeness (QED) is 0.529. The Kier molecular flexibility index (Phi) is 4.25. The van der Waals surface area contributed by atoms with Crippen LogP contribution in [0.5, 0.6) is 0 Å². The number of nitrogens with one attached hydrogen (secondary N) is 1. The summed E-state index contributed by atoms with van der Waals surface area (Å²) in [6.07, 6.45) is 1.67. The van der Waals surface area contributed by atoms with Gasteiger partial charge in [-0.15, -0.1) is 0 Å². The molecule has 19 heavy (non-hydrogen) atoms. The number of hydrazone groups is 1. The van der Waals surface area contributed by atoms with Gasteiger partial charge in [0.1, 0.15) is 0 Å². The van der Waals surface area contributed by atoms with Crippen LogP contribution in [0.2, 0.25) is 0 Å². The lowest BCUT2D eigenvalue weighted by Crippen LogP contribution is -1.92. The summed E-state index contributed by atoms with van der Waals surface area (Å²) in [5, 5.41) is 14.6. The summed E-state index contributed by atoms with van der Waals surface area (Å²) >= 11 is 3.41. The van der Waals surface area contributed by atoms with Crippen molar-refractivity contribution in [1.82, 2.24) is 0 Å². The number of nitro groups is 1. The molecule has 0 amide bonds. The third-order valence-corrected chi connectivity index (χ3v) is 3.10. The highest BCUT2D eigenvalue weighted by molar-refractivity contribution is 9.10. The van der Waals surface area contributed by atoms with E-state index < -0.39 is 4.92 Å². The number of benzene rings is 2. The van der Waals surface area contributed by atoms with Gasteiger partial charge in [0.05, 0.1) is 16.8 Å². The molecule has 0 unspecified atom stereocenters. The summed E-state index contributed by atoms with van der Waals surface area (Å²) in [4.78, 5) is 10.1. The lowest BCUT2D eigenvalue weighted by molar-refractivity contribution is -0.384. The van der Waals surface area contributed by atoms with Gasteiger partial charge < -0.3 is 0 Å². The Morgan fingerprint density at radius 2 is 1.84 bits per heavy atom. The van der Waals surface area contributed by atoms with Crippen LogP contribution < -0.4 is 5.43 Å². The third kappa shape index (κ3) is 3.62. The van der Waals surface area contributed by atoms with Crippen molar-refractivity contribution >= 4 is 33.5 Å². The molecule has 0 atom stereocenters. The highest BCUT2D eigenvalue weighted by Gasteiger charge is 2.02. The number of hydrogen-bond acceptors (Lipinski definition) is 4. The van der Waals surface area contributed by atoms with Crippen LogP contribution in [0, 0.1) is 10.1 Å². The summed E-state index contributed by atoms with van der Waals surface area (Å²) in [5.74, 6) is 0. The van der Waals surface area contributed by atoms with Gasteiger partial charge in [-0.05, 0) is 18.2 Å². The fourth-order valence-corrected chi connectivity index (χ4v) is 1.80. The average molecular weight is 320 g/mol. The van der Waals surface area contributed by atoms with E-state index in [4.69, 9.17) is 0 Å². The number of anilines is 1. The predicted octanol–water partition coefficient (Wildman–Crippen LogP) is 3.80. The van der Waals surface area contributed by atoms with Crippen molar-refractivity contribution in [1.29, 1.82) is 0 Å². The molecule has 2 aromatic carbocycles. The SMILES string of the molecule is O=[N+]([O-])c1ccc(N/N=C\c2ccccc2Br)cc1. The second-order valence-corrected chi connectivity index (χ2v) is 4.55. The van der Waals surface area contributed by atoms with Gasteiger partial charge in [-0.1, -0.05) is 34.1 Å². The van der Waals surface area contributed by atoms with Gasteiger partial charge in [0.15, 0.2) is 0 Å². The number of hydrogen-bond donors (Lipinski definition) is 1. The standard InChI is InChI=1S/C13H10BrN3O2/c14-13-4-2-1-3-10(13)9-15-16-11-5-7-12(8-6-11)17(18)19/h1-9,16H/b15-9-. The highest BCUT2D eigenvalue weighted by Crippen LogP contribution is 2.16. The van der Waals surface area contributed by atoms with Crippen molar-refractivity contribution < 1.29 is 4.92 Å². The van der Waals surface area contributed by atoms with Gasteiger partial charge in [-0.3, -0.25) is 15.5 Å².